The van der Waals surface area contributed by atoms with Gasteiger partial charge < -0.3 is 9.72 Å². The van der Waals surface area contributed by atoms with E-state index in [0.717, 1.165) is 6.20 Å². The number of alkyl halides is 2. The molecule has 0 saturated carbocycles. The number of ether oxygens (including phenoxy) is 1. The summed E-state index contributed by atoms with van der Waals surface area (Å²) in [4.78, 5) is 9.21. The fourth-order valence-corrected chi connectivity index (χ4v) is 3.50. The van der Waals surface area contributed by atoms with E-state index in [1.807, 2.05) is 4.72 Å². The topological polar surface area (TPSA) is 97.0 Å². The van der Waals surface area contributed by atoms with Crippen molar-refractivity contribution >= 4 is 38.3 Å². The summed E-state index contributed by atoms with van der Waals surface area (Å²) in [6.07, 6.45) is -1.82. The second-order valence-electron chi connectivity index (χ2n) is 5.10. The lowest BCUT2D eigenvalue weighted by Gasteiger charge is -2.10. The van der Waals surface area contributed by atoms with Crippen molar-refractivity contribution in [3.63, 3.8) is 0 Å². The smallest absolute Gasteiger partial charge is 0.272 e. The maximum Gasteiger partial charge on any atom is 0.272 e. The van der Waals surface area contributed by atoms with Gasteiger partial charge in [-0.2, -0.15) is 9.37 Å². The van der Waals surface area contributed by atoms with E-state index < -0.39 is 46.4 Å². The number of anilines is 1. The SMILES string of the molecule is O=S(=O)(Nc1cc(F)c(OCC(F)F)nc1F)c1c[nH]c2nc(Cl)ccc12. The minimum atomic E-state index is -4.36. The largest absolute Gasteiger partial charge is 0.469 e. The summed E-state index contributed by atoms with van der Waals surface area (Å²) >= 11 is 5.72. The van der Waals surface area contributed by atoms with E-state index in [-0.39, 0.29) is 21.1 Å². The van der Waals surface area contributed by atoms with Gasteiger partial charge in [0.1, 0.15) is 21.4 Å². The molecule has 0 atom stereocenters. The number of rotatable bonds is 6. The molecule has 3 rings (SSSR count). The first kappa shape index (κ1) is 19.2. The van der Waals surface area contributed by atoms with Gasteiger partial charge in [-0.25, -0.2) is 26.6 Å². The molecule has 0 aliphatic rings. The highest BCUT2D eigenvalue weighted by atomic mass is 35.5. The van der Waals surface area contributed by atoms with Crippen molar-refractivity contribution in [2.75, 3.05) is 11.3 Å². The predicted molar refractivity (Wildman–Crippen MR) is 87.6 cm³/mol. The minimum absolute atomic E-state index is 0.123. The van der Waals surface area contributed by atoms with Crippen LogP contribution in [0.25, 0.3) is 11.0 Å². The molecule has 3 heterocycles. The molecular weight excluding hydrogens is 416 g/mol. The van der Waals surface area contributed by atoms with Crippen molar-refractivity contribution in [1.29, 1.82) is 0 Å². The molecule has 144 valence electrons. The Morgan fingerprint density at radius 3 is 2.70 bits per heavy atom. The molecule has 27 heavy (non-hydrogen) atoms. The Morgan fingerprint density at radius 2 is 2.00 bits per heavy atom. The summed E-state index contributed by atoms with van der Waals surface area (Å²) in [6.45, 7) is -1.20. The fourth-order valence-electron chi connectivity index (χ4n) is 2.14. The first-order valence-electron chi connectivity index (χ1n) is 7.11. The lowest BCUT2D eigenvalue weighted by Crippen LogP contribution is -2.15. The van der Waals surface area contributed by atoms with E-state index in [4.69, 9.17) is 11.6 Å². The van der Waals surface area contributed by atoms with Crippen LogP contribution in [0.4, 0.5) is 23.2 Å². The van der Waals surface area contributed by atoms with E-state index >= 15 is 0 Å². The molecular formula is C14H9ClF4N4O3S. The normalized spacial score (nSPS) is 11.9. The molecule has 0 bridgehead atoms. The second-order valence-corrected chi connectivity index (χ2v) is 7.14. The van der Waals surface area contributed by atoms with Gasteiger partial charge in [-0.1, -0.05) is 11.6 Å². The number of hydrogen-bond acceptors (Lipinski definition) is 5. The molecule has 2 N–H and O–H groups in total. The molecule has 0 unspecified atom stereocenters. The fraction of sp³-hybridized carbons (Fsp3) is 0.143. The van der Waals surface area contributed by atoms with Gasteiger partial charge in [-0.3, -0.25) is 4.72 Å². The first-order chi connectivity index (χ1) is 12.7. The van der Waals surface area contributed by atoms with Crippen molar-refractivity contribution in [3.05, 3.63) is 41.3 Å². The number of pyridine rings is 2. The number of fused-ring (bicyclic) bond motifs is 1. The molecule has 0 aliphatic carbocycles. The van der Waals surface area contributed by atoms with Crippen LogP contribution in [0, 0.1) is 11.8 Å². The highest BCUT2D eigenvalue weighted by Crippen LogP contribution is 2.27. The number of aromatic nitrogens is 3. The Morgan fingerprint density at radius 1 is 1.26 bits per heavy atom. The third-order valence-electron chi connectivity index (χ3n) is 3.24. The van der Waals surface area contributed by atoms with Crippen molar-refractivity contribution in [3.8, 4) is 5.88 Å². The number of nitrogens with one attached hydrogen (secondary N) is 2. The lowest BCUT2D eigenvalue weighted by atomic mass is 10.3. The van der Waals surface area contributed by atoms with E-state index in [1.54, 1.807) is 0 Å². The van der Waals surface area contributed by atoms with Gasteiger partial charge in [0.2, 0.25) is 5.95 Å². The number of halogens is 5. The van der Waals surface area contributed by atoms with Crippen LogP contribution >= 0.6 is 11.6 Å². The molecule has 0 saturated heterocycles. The van der Waals surface area contributed by atoms with Crippen molar-refractivity contribution < 1.29 is 30.7 Å². The van der Waals surface area contributed by atoms with Gasteiger partial charge in [-0.15, -0.1) is 0 Å². The van der Waals surface area contributed by atoms with E-state index in [2.05, 4.69) is 19.7 Å². The Hall–Kier alpha value is -2.60. The van der Waals surface area contributed by atoms with Gasteiger partial charge in [0, 0.05) is 17.6 Å². The van der Waals surface area contributed by atoms with E-state index in [0.29, 0.717) is 6.07 Å². The van der Waals surface area contributed by atoms with Gasteiger partial charge in [0.15, 0.2) is 12.4 Å². The van der Waals surface area contributed by atoms with Crippen LogP contribution in [0.15, 0.2) is 29.3 Å². The van der Waals surface area contributed by atoms with Crippen LogP contribution in [0.1, 0.15) is 0 Å². The van der Waals surface area contributed by atoms with Crippen molar-refractivity contribution in [1.82, 2.24) is 15.0 Å². The molecule has 0 spiro atoms. The van der Waals surface area contributed by atoms with Gasteiger partial charge in [0.05, 0.1) is 0 Å². The molecule has 3 aromatic heterocycles. The van der Waals surface area contributed by atoms with Crippen LogP contribution in [0.3, 0.4) is 0 Å². The minimum Gasteiger partial charge on any atom is -0.469 e. The highest BCUT2D eigenvalue weighted by molar-refractivity contribution is 7.93. The van der Waals surface area contributed by atoms with Gasteiger partial charge in [0.25, 0.3) is 22.3 Å². The van der Waals surface area contributed by atoms with Gasteiger partial charge in [-0.05, 0) is 12.1 Å². The van der Waals surface area contributed by atoms with Crippen molar-refractivity contribution in [2.24, 2.45) is 0 Å². The number of hydrogen-bond donors (Lipinski definition) is 2. The zero-order chi connectivity index (χ0) is 19.8. The molecule has 7 nitrogen and oxygen atoms in total. The Balaban J connectivity index is 1.92. The third kappa shape index (κ3) is 4.06. The van der Waals surface area contributed by atoms with E-state index in [9.17, 15) is 26.0 Å². The number of aromatic amines is 1. The lowest BCUT2D eigenvalue weighted by molar-refractivity contribution is 0.0768. The molecule has 13 heteroatoms. The van der Waals surface area contributed by atoms with Crippen LogP contribution in [-0.4, -0.2) is 36.4 Å². The average molecular weight is 425 g/mol. The first-order valence-corrected chi connectivity index (χ1v) is 8.97. The second kappa shape index (κ2) is 7.19. The molecule has 0 aliphatic heterocycles. The van der Waals surface area contributed by atoms with Crippen LogP contribution in [0.2, 0.25) is 5.15 Å². The quantitative estimate of drug-likeness (QED) is 0.467. The molecule has 0 fully saturated rings. The van der Waals surface area contributed by atoms with Gasteiger partial charge >= 0.3 is 0 Å². The van der Waals surface area contributed by atoms with Crippen molar-refractivity contribution in [2.45, 2.75) is 11.3 Å². The van der Waals surface area contributed by atoms with Crippen LogP contribution in [0.5, 0.6) is 5.88 Å². The summed E-state index contributed by atoms with van der Waals surface area (Å²) in [5.74, 6) is -3.78. The maximum absolute atomic E-state index is 14.0. The van der Waals surface area contributed by atoms with E-state index in [1.165, 1.54) is 12.1 Å². The Labute approximate surface area is 154 Å². The summed E-state index contributed by atoms with van der Waals surface area (Å²) in [5, 5.41) is 0.288. The summed E-state index contributed by atoms with van der Waals surface area (Å²) in [5.41, 5.74) is -0.656. The summed E-state index contributed by atoms with van der Waals surface area (Å²) in [7, 11) is -4.36. The average Bonchev–Trinajstić information content (AvgIpc) is 3.00. The standard InChI is InChI=1S/C14H9ClF4N4O3S/c15-10-2-1-6-9(4-20-13(6)21-10)27(24,25)23-8-3-7(16)14(22-12(8)19)26-5-11(17)18/h1-4,11,23H,5H2,(H,20,21). The number of H-pyrrole nitrogens is 1. The van der Waals surface area contributed by atoms with Crippen LogP contribution in [-0.2, 0) is 10.0 Å². The molecule has 0 amide bonds. The predicted octanol–water partition coefficient (Wildman–Crippen LogP) is 3.33. The van der Waals surface area contributed by atoms with Crippen LogP contribution < -0.4 is 9.46 Å². The zero-order valence-corrected chi connectivity index (χ0v) is 14.6. The third-order valence-corrected chi connectivity index (χ3v) is 4.86. The molecule has 0 aromatic carbocycles. The summed E-state index contributed by atoms with van der Waals surface area (Å²) < 4.78 is 83.1. The zero-order valence-electron chi connectivity index (χ0n) is 13.0. The maximum atomic E-state index is 14.0. The number of sulfonamides is 1. The molecule has 0 radical (unpaired) electrons. The summed E-state index contributed by atoms with van der Waals surface area (Å²) in [6, 6.07) is 3.17. The molecule has 3 aromatic rings. The Kier molecular flexibility index (Phi) is 5.11. The monoisotopic (exact) mass is 424 g/mol. The Bertz CT molecular complexity index is 1110. The number of nitrogens with zero attached hydrogens (tertiary/aromatic N) is 2. The highest BCUT2D eigenvalue weighted by Gasteiger charge is 2.23.